The van der Waals surface area contributed by atoms with Gasteiger partial charge in [-0.05, 0) is 7.05 Å². The zero-order valence-corrected chi connectivity index (χ0v) is 9.86. The van der Waals surface area contributed by atoms with Crippen molar-refractivity contribution < 1.29 is 4.74 Å². The van der Waals surface area contributed by atoms with Gasteiger partial charge in [-0.3, -0.25) is 9.78 Å². The molecule has 2 unspecified atom stereocenters. The lowest BCUT2D eigenvalue weighted by Gasteiger charge is -2.13. The monoisotopic (exact) mass is 250 g/mol. The molecule has 1 aliphatic rings. The highest BCUT2D eigenvalue weighted by atomic mass is 16.5. The molecule has 0 saturated carbocycles. The fourth-order valence-electron chi connectivity index (χ4n) is 2.23. The molecule has 8 nitrogen and oxygen atoms in total. The van der Waals surface area contributed by atoms with Gasteiger partial charge in [-0.1, -0.05) is 0 Å². The van der Waals surface area contributed by atoms with Gasteiger partial charge in [-0.2, -0.15) is 4.98 Å². The molecule has 3 heterocycles. The molecule has 3 rings (SSSR count). The van der Waals surface area contributed by atoms with E-state index in [-0.39, 0.29) is 23.5 Å². The summed E-state index contributed by atoms with van der Waals surface area (Å²) in [4.78, 5) is 25.5. The number of hydrogen-bond acceptors (Lipinski definition) is 6. The molecular formula is C10H14N6O2. The number of aromatic nitrogens is 4. The molecule has 8 heteroatoms. The Labute approximate surface area is 102 Å². The number of rotatable bonds is 2. The second-order valence-corrected chi connectivity index (χ2v) is 4.31. The van der Waals surface area contributed by atoms with Crippen LogP contribution < -0.4 is 16.6 Å². The number of nitrogens with zero attached hydrogens (tertiary/aromatic N) is 2. The van der Waals surface area contributed by atoms with Gasteiger partial charge in [0.05, 0.1) is 19.1 Å². The Hall–Kier alpha value is -1.93. The molecule has 1 aliphatic heterocycles. The van der Waals surface area contributed by atoms with E-state index < -0.39 is 0 Å². The van der Waals surface area contributed by atoms with Gasteiger partial charge in [0.15, 0.2) is 11.2 Å². The third-order valence-electron chi connectivity index (χ3n) is 3.20. The van der Waals surface area contributed by atoms with Gasteiger partial charge in [0, 0.05) is 6.04 Å². The molecule has 0 aromatic carbocycles. The number of aromatic amines is 2. The van der Waals surface area contributed by atoms with Crippen LogP contribution in [-0.2, 0) is 4.74 Å². The number of nitrogens with two attached hydrogens (primary N) is 1. The molecule has 96 valence electrons. The highest BCUT2D eigenvalue weighted by molar-refractivity contribution is 5.70. The Morgan fingerprint density at radius 3 is 3.00 bits per heavy atom. The van der Waals surface area contributed by atoms with E-state index in [0.29, 0.717) is 30.2 Å². The third-order valence-corrected chi connectivity index (χ3v) is 3.20. The second kappa shape index (κ2) is 4.07. The lowest BCUT2D eigenvalue weighted by Crippen LogP contribution is -2.31. The van der Waals surface area contributed by atoms with Crippen LogP contribution in [0.5, 0.6) is 0 Å². The van der Waals surface area contributed by atoms with Gasteiger partial charge < -0.3 is 20.8 Å². The van der Waals surface area contributed by atoms with Crippen LogP contribution in [0.3, 0.4) is 0 Å². The molecule has 1 saturated heterocycles. The van der Waals surface area contributed by atoms with Crippen LogP contribution in [0.25, 0.3) is 11.2 Å². The average Bonchev–Trinajstić information content (AvgIpc) is 2.92. The first kappa shape index (κ1) is 11.2. The molecule has 2 atom stereocenters. The fraction of sp³-hybridized carbons (Fsp3) is 0.500. The van der Waals surface area contributed by atoms with Crippen LogP contribution >= 0.6 is 0 Å². The van der Waals surface area contributed by atoms with Gasteiger partial charge in [-0.15, -0.1) is 0 Å². The summed E-state index contributed by atoms with van der Waals surface area (Å²) in [5.41, 5.74) is 5.86. The smallest absolute Gasteiger partial charge is 0.278 e. The summed E-state index contributed by atoms with van der Waals surface area (Å²) >= 11 is 0. The molecule has 0 spiro atoms. The summed E-state index contributed by atoms with van der Waals surface area (Å²) in [6.45, 7) is 1.20. The number of nitrogen functional groups attached to an aromatic ring is 1. The number of nitrogens with one attached hydrogen (secondary N) is 3. The topological polar surface area (TPSA) is 122 Å². The van der Waals surface area contributed by atoms with E-state index in [2.05, 4.69) is 25.3 Å². The van der Waals surface area contributed by atoms with Crippen LogP contribution in [0.15, 0.2) is 4.79 Å². The number of imidazole rings is 1. The number of hydrogen-bond donors (Lipinski definition) is 4. The fourth-order valence-corrected chi connectivity index (χ4v) is 2.23. The van der Waals surface area contributed by atoms with E-state index in [1.165, 1.54) is 0 Å². The Kier molecular flexibility index (Phi) is 2.53. The number of ether oxygens (including phenoxy) is 1. The normalized spacial score (nSPS) is 23.8. The van der Waals surface area contributed by atoms with E-state index in [4.69, 9.17) is 10.5 Å². The molecule has 1 fully saturated rings. The van der Waals surface area contributed by atoms with Crippen molar-refractivity contribution in [1.29, 1.82) is 0 Å². The first-order valence-electron chi connectivity index (χ1n) is 5.69. The van der Waals surface area contributed by atoms with Crippen molar-refractivity contribution in [2.24, 2.45) is 0 Å². The zero-order chi connectivity index (χ0) is 12.7. The van der Waals surface area contributed by atoms with Crippen LogP contribution in [0.1, 0.15) is 11.7 Å². The summed E-state index contributed by atoms with van der Waals surface area (Å²) in [6.07, 6.45) is 0. The van der Waals surface area contributed by atoms with Gasteiger partial charge in [0.25, 0.3) is 5.56 Å². The van der Waals surface area contributed by atoms with E-state index in [1.807, 2.05) is 7.05 Å². The predicted molar refractivity (Wildman–Crippen MR) is 65.3 cm³/mol. The minimum absolute atomic E-state index is 0.0680. The molecule has 5 N–H and O–H groups in total. The SMILES string of the molecule is CNC1COCC1c1nc2nc(N)[nH]c(=O)c2[nH]1. The van der Waals surface area contributed by atoms with Crippen LogP contribution in [0, 0.1) is 0 Å². The molecule has 18 heavy (non-hydrogen) atoms. The Bertz CT molecular complexity index is 633. The van der Waals surface area contributed by atoms with Crippen LogP contribution in [0.2, 0.25) is 0 Å². The standard InChI is InChI=1S/C10H14N6O2/c1-12-5-3-18-2-4(5)7-13-6-8(14-7)15-10(11)16-9(6)17/h4-5,12H,2-3H2,1H3,(H4,11,13,14,15,16,17). The number of H-pyrrole nitrogens is 2. The number of likely N-dealkylation sites (N-methyl/N-ethyl adjacent to an activating group) is 1. The Morgan fingerprint density at radius 1 is 1.39 bits per heavy atom. The van der Waals surface area contributed by atoms with Crippen molar-refractivity contribution in [1.82, 2.24) is 25.3 Å². The number of anilines is 1. The minimum atomic E-state index is -0.309. The van der Waals surface area contributed by atoms with Crippen molar-refractivity contribution in [3.63, 3.8) is 0 Å². The van der Waals surface area contributed by atoms with Gasteiger partial charge in [0.1, 0.15) is 5.82 Å². The molecule has 0 radical (unpaired) electrons. The summed E-state index contributed by atoms with van der Waals surface area (Å²) in [7, 11) is 1.87. The third kappa shape index (κ3) is 1.66. The lowest BCUT2D eigenvalue weighted by molar-refractivity contribution is 0.188. The van der Waals surface area contributed by atoms with Gasteiger partial charge in [0.2, 0.25) is 5.95 Å². The quantitative estimate of drug-likeness (QED) is 0.538. The van der Waals surface area contributed by atoms with Crippen molar-refractivity contribution in [2.75, 3.05) is 26.0 Å². The predicted octanol–water partition coefficient (Wildman–Crippen LogP) is -1.07. The summed E-state index contributed by atoms with van der Waals surface area (Å²) < 4.78 is 5.41. The summed E-state index contributed by atoms with van der Waals surface area (Å²) in [6, 6.07) is 0.182. The van der Waals surface area contributed by atoms with Crippen molar-refractivity contribution in [2.45, 2.75) is 12.0 Å². The summed E-state index contributed by atoms with van der Waals surface area (Å²) in [5.74, 6) is 0.855. The van der Waals surface area contributed by atoms with E-state index in [9.17, 15) is 4.79 Å². The highest BCUT2D eigenvalue weighted by Crippen LogP contribution is 2.24. The van der Waals surface area contributed by atoms with E-state index in [1.54, 1.807) is 0 Å². The van der Waals surface area contributed by atoms with E-state index in [0.717, 1.165) is 0 Å². The Balaban J connectivity index is 2.08. The van der Waals surface area contributed by atoms with Crippen molar-refractivity contribution in [3.8, 4) is 0 Å². The van der Waals surface area contributed by atoms with Crippen LogP contribution in [-0.4, -0.2) is 46.2 Å². The molecule has 0 amide bonds. The van der Waals surface area contributed by atoms with Crippen molar-refractivity contribution >= 4 is 17.1 Å². The molecular weight excluding hydrogens is 236 g/mol. The van der Waals surface area contributed by atoms with Crippen LogP contribution in [0.4, 0.5) is 5.95 Å². The lowest BCUT2D eigenvalue weighted by atomic mass is 10.0. The first-order valence-corrected chi connectivity index (χ1v) is 5.69. The van der Waals surface area contributed by atoms with E-state index >= 15 is 0 Å². The van der Waals surface area contributed by atoms with Gasteiger partial charge >= 0.3 is 0 Å². The molecule has 2 aromatic heterocycles. The maximum atomic E-state index is 11.7. The number of fused-ring (bicyclic) bond motifs is 1. The maximum Gasteiger partial charge on any atom is 0.278 e. The minimum Gasteiger partial charge on any atom is -0.379 e. The zero-order valence-electron chi connectivity index (χ0n) is 9.86. The summed E-state index contributed by atoms with van der Waals surface area (Å²) in [5, 5.41) is 3.17. The van der Waals surface area contributed by atoms with Crippen molar-refractivity contribution in [3.05, 3.63) is 16.2 Å². The first-order chi connectivity index (χ1) is 8.69. The average molecular weight is 250 g/mol. The molecule has 0 aliphatic carbocycles. The highest BCUT2D eigenvalue weighted by Gasteiger charge is 2.31. The molecule has 2 aromatic rings. The van der Waals surface area contributed by atoms with Gasteiger partial charge in [-0.25, -0.2) is 4.98 Å². The Morgan fingerprint density at radius 2 is 2.22 bits per heavy atom. The maximum absolute atomic E-state index is 11.7. The molecule has 0 bridgehead atoms. The second-order valence-electron chi connectivity index (χ2n) is 4.31. The largest absolute Gasteiger partial charge is 0.379 e.